The van der Waals surface area contributed by atoms with Gasteiger partial charge in [-0.05, 0) is 18.6 Å². The minimum atomic E-state index is -0.232. The molecule has 0 aliphatic heterocycles. The number of aromatic nitrogens is 2. The van der Waals surface area contributed by atoms with Gasteiger partial charge in [-0.2, -0.15) is 0 Å². The number of hydrogen-bond acceptors (Lipinski definition) is 1. The Morgan fingerprint density at radius 3 is 2.67 bits per heavy atom. The summed E-state index contributed by atoms with van der Waals surface area (Å²) in [5, 5.41) is 0. The number of fused-ring (bicyclic) bond motifs is 1. The fraction of sp³-hybridized carbons (Fsp3) is 0.588. The lowest BCUT2D eigenvalue weighted by Crippen LogP contribution is -2.05. The van der Waals surface area contributed by atoms with Crippen molar-refractivity contribution in [2.75, 3.05) is 5.88 Å². The summed E-state index contributed by atoms with van der Waals surface area (Å²) in [5.41, 5.74) is 1.76. The van der Waals surface area contributed by atoms with E-state index in [4.69, 9.17) is 11.6 Å². The third-order valence-electron chi connectivity index (χ3n) is 3.84. The molecule has 0 N–H and O–H groups in total. The molecular weight excluding hydrogens is 287 g/mol. The van der Waals surface area contributed by atoms with Crippen LogP contribution in [-0.2, 0) is 13.0 Å². The van der Waals surface area contributed by atoms with Crippen LogP contribution in [0.25, 0.3) is 11.0 Å². The van der Waals surface area contributed by atoms with Gasteiger partial charge >= 0.3 is 0 Å². The third-order valence-corrected chi connectivity index (χ3v) is 4.03. The molecule has 1 heterocycles. The van der Waals surface area contributed by atoms with Crippen molar-refractivity contribution in [1.82, 2.24) is 9.55 Å². The molecule has 0 unspecified atom stereocenters. The standard InChI is InChI=1S/C17H24ClFN2/c1-2-3-4-5-6-7-12-21-16-9-8-14(19)13-15(16)20-17(21)10-11-18/h8-9,13H,2-7,10-12H2,1H3. The second kappa shape index (κ2) is 8.38. The highest BCUT2D eigenvalue weighted by atomic mass is 35.5. The second-order valence-corrected chi connectivity index (χ2v) is 5.90. The van der Waals surface area contributed by atoms with E-state index in [1.807, 2.05) is 6.07 Å². The number of hydrogen-bond donors (Lipinski definition) is 0. The van der Waals surface area contributed by atoms with Gasteiger partial charge in [0.1, 0.15) is 11.6 Å². The molecule has 1 aromatic carbocycles. The van der Waals surface area contributed by atoms with E-state index in [9.17, 15) is 4.39 Å². The molecule has 2 nitrogen and oxygen atoms in total. The zero-order chi connectivity index (χ0) is 15.1. The molecule has 0 saturated carbocycles. The molecule has 0 spiro atoms. The van der Waals surface area contributed by atoms with E-state index in [-0.39, 0.29) is 5.82 Å². The summed E-state index contributed by atoms with van der Waals surface area (Å²) in [6, 6.07) is 4.84. The topological polar surface area (TPSA) is 17.8 Å². The van der Waals surface area contributed by atoms with Gasteiger partial charge in [0.15, 0.2) is 0 Å². The minimum absolute atomic E-state index is 0.232. The van der Waals surface area contributed by atoms with Crippen LogP contribution in [0, 0.1) is 5.82 Å². The Balaban J connectivity index is 2.04. The highest BCUT2D eigenvalue weighted by molar-refractivity contribution is 6.17. The first-order chi connectivity index (χ1) is 10.3. The summed E-state index contributed by atoms with van der Waals surface area (Å²) in [6.07, 6.45) is 8.32. The highest BCUT2D eigenvalue weighted by Crippen LogP contribution is 2.19. The Kier molecular flexibility index (Phi) is 6.50. The van der Waals surface area contributed by atoms with Crippen LogP contribution < -0.4 is 0 Å². The Bertz CT molecular complexity index is 565. The number of rotatable bonds is 9. The van der Waals surface area contributed by atoms with Gasteiger partial charge in [-0.25, -0.2) is 9.37 Å². The number of benzene rings is 1. The molecule has 2 rings (SSSR count). The van der Waals surface area contributed by atoms with E-state index in [0.29, 0.717) is 5.88 Å². The smallest absolute Gasteiger partial charge is 0.125 e. The van der Waals surface area contributed by atoms with Crippen molar-refractivity contribution < 1.29 is 4.39 Å². The van der Waals surface area contributed by atoms with Gasteiger partial charge in [-0.3, -0.25) is 0 Å². The third kappa shape index (κ3) is 4.44. The Labute approximate surface area is 131 Å². The van der Waals surface area contributed by atoms with Gasteiger partial charge in [0.05, 0.1) is 11.0 Å². The molecular formula is C17H24ClFN2. The Morgan fingerprint density at radius 1 is 1.14 bits per heavy atom. The van der Waals surface area contributed by atoms with Crippen LogP contribution in [0.2, 0.25) is 0 Å². The Morgan fingerprint density at radius 2 is 1.90 bits per heavy atom. The van der Waals surface area contributed by atoms with E-state index < -0.39 is 0 Å². The van der Waals surface area contributed by atoms with Gasteiger partial charge in [0, 0.05) is 24.9 Å². The highest BCUT2D eigenvalue weighted by Gasteiger charge is 2.10. The zero-order valence-electron chi connectivity index (χ0n) is 12.7. The van der Waals surface area contributed by atoms with Crippen LogP contribution in [0.3, 0.4) is 0 Å². The van der Waals surface area contributed by atoms with E-state index in [0.717, 1.165) is 36.2 Å². The number of alkyl halides is 1. The lowest BCUT2D eigenvalue weighted by molar-refractivity contribution is 0.554. The predicted octanol–water partition coefficient (Wildman–Crippen LogP) is 5.32. The number of imidazole rings is 1. The van der Waals surface area contributed by atoms with Crippen molar-refractivity contribution >= 4 is 22.6 Å². The van der Waals surface area contributed by atoms with Crippen molar-refractivity contribution in [1.29, 1.82) is 0 Å². The van der Waals surface area contributed by atoms with Crippen LogP contribution >= 0.6 is 11.6 Å². The van der Waals surface area contributed by atoms with Crippen LogP contribution in [0.5, 0.6) is 0 Å². The first-order valence-corrected chi connectivity index (χ1v) is 8.50. The molecule has 0 bridgehead atoms. The van der Waals surface area contributed by atoms with Gasteiger partial charge in [-0.15, -0.1) is 11.6 Å². The van der Waals surface area contributed by atoms with E-state index >= 15 is 0 Å². The number of halogens is 2. The Hall–Kier alpha value is -1.09. The quantitative estimate of drug-likeness (QED) is 0.453. The van der Waals surface area contributed by atoms with Gasteiger partial charge in [0.25, 0.3) is 0 Å². The lowest BCUT2D eigenvalue weighted by atomic mass is 10.1. The molecule has 4 heteroatoms. The number of unbranched alkanes of at least 4 members (excludes halogenated alkanes) is 5. The first kappa shape index (κ1) is 16.3. The van der Waals surface area contributed by atoms with Crippen molar-refractivity contribution in [3.8, 4) is 0 Å². The van der Waals surface area contributed by atoms with Gasteiger partial charge in [-0.1, -0.05) is 39.0 Å². The summed E-state index contributed by atoms with van der Waals surface area (Å²) >= 11 is 5.86. The number of nitrogens with zero attached hydrogens (tertiary/aromatic N) is 2. The average molecular weight is 311 g/mol. The fourth-order valence-corrected chi connectivity index (χ4v) is 2.90. The second-order valence-electron chi connectivity index (χ2n) is 5.52. The molecule has 0 aliphatic carbocycles. The molecule has 2 aromatic rings. The summed E-state index contributed by atoms with van der Waals surface area (Å²) in [4.78, 5) is 4.53. The summed E-state index contributed by atoms with van der Waals surface area (Å²) in [7, 11) is 0. The predicted molar refractivity (Wildman–Crippen MR) is 87.5 cm³/mol. The SMILES string of the molecule is CCCCCCCCn1c(CCCl)nc2cc(F)ccc21. The largest absolute Gasteiger partial charge is 0.328 e. The van der Waals surface area contributed by atoms with Crippen molar-refractivity contribution in [3.05, 3.63) is 29.8 Å². The fourth-order valence-electron chi connectivity index (χ4n) is 2.73. The maximum atomic E-state index is 13.3. The van der Waals surface area contributed by atoms with Gasteiger partial charge in [0.2, 0.25) is 0 Å². The van der Waals surface area contributed by atoms with Crippen LogP contribution in [0.15, 0.2) is 18.2 Å². The monoisotopic (exact) mass is 310 g/mol. The lowest BCUT2D eigenvalue weighted by Gasteiger charge is -2.08. The van der Waals surface area contributed by atoms with Crippen molar-refractivity contribution in [3.63, 3.8) is 0 Å². The molecule has 0 atom stereocenters. The van der Waals surface area contributed by atoms with Crippen molar-refractivity contribution in [2.45, 2.75) is 58.4 Å². The molecule has 0 fully saturated rings. The summed E-state index contributed by atoms with van der Waals surface area (Å²) in [6.45, 7) is 3.18. The summed E-state index contributed by atoms with van der Waals surface area (Å²) < 4.78 is 15.5. The van der Waals surface area contributed by atoms with Gasteiger partial charge < -0.3 is 4.57 Å². The molecule has 0 radical (unpaired) electrons. The first-order valence-electron chi connectivity index (χ1n) is 7.97. The minimum Gasteiger partial charge on any atom is -0.328 e. The zero-order valence-corrected chi connectivity index (χ0v) is 13.5. The van der Waals surface area contributed by atoms with E-state index in [2.05, 4.69) is 16.5 Å². The molecule has 0 saturated heterocycles. The number of aryl methyl sites for hydroxylation is 2. The molecule has 0 aliphatic rings. The van der Waals surface area contributed by atoms with Crippen LogP contribution in [0.4, 0.5) is 4.39 Å². The molecule has 1 aromatic heterocycles. The normalized spacial score (nSPS) is 11.4. The summed E-state index contributed by atoms with van der Waals surface area (Å²) in [5.74, 6) is 1.28. The maximum absolute atomic E-state index is 13.3. The van der Waals surface area contributed by atoms with E-state index in [1.54, 1.807) is 0 Å². The average Bonchev–Trinajstić information content (AvgIpc) is 2.80. The van der Waals surface area contributed by atoms with E-state index in [1.165, 1.54) is 44.2 Å². The molecule has 21 heavy (non-hydrogen) atoms. The van der Waals surface area contributed by atoms with Crippen molar-refractivity contribution in [2.24, 2.45) is 0 Å². The van der Waals surface area contributed by atoms with Crippen LogP contribution in [0.1, 0.15) is 51.3 Å². The maximum Gasteiger partial charge on any atom is 0.125 e. The van der Waals surface area contributed by atoms with Crippen LogP contribution in [-0.4, -0.2) is 15.4 Å². The molecule has 0 amide bonds. The molecule has 116 valence electrons.